The van der Waals surface area contributed by atoms with Crippen LogP contribution in [0.4, 0.5) is 0 Å². The fraction of sp³-hybridized carbons (Fsp3) is 0.667. The lowest BCUT2D eigenvalue weighted by Crippen LogP contribution is -2.40. The summed E-state index contributed by atoms with van der Waals surface area (Å²) in [6.45, 7) is 4.09. The lowest BCUT2D eigenvalue weighted by atomic mass is 9.82. The van der Waals surface area contributed by atoms with Gasteiger partial charge < -0.3 is 14.7 Å². The fourth-order valence-electron chi connectivity index (χ4n) is 3.83. The zero-order chi connectivity index (χ0) is 14.5. The number of aliphatic hydroxyl groups excluding tert-OH is 1. The van der Waals surface area contributed by atoms with Gasteiger partial charge in [0.15, 0.2) is 0 Å². The van der Waals surface area contributed by atoms with Crippen molar-refractivity contribution in [3.8, 4) is 0 Å². The second-order valence-corrected chi connectivity index (χ2v) is 6.38. The monoisotopic (exact) mass is 289 g/mol. The van der Waals surface area contributed by atoms with E-state index in [0.29, 0.717) is 18.6 Å². The quantitative estimate of drug-likeness (QED) is 0.904. The molecule has 3 rings (SSSR count). The standard InChI is InChI=1S/C18H27NO2/c20-12-13-21-17-8-10-19(11-9-17)14-16-6-3-5-15-4-1-2-7-18(15)16/h1-2,4,7,16-17,20H,3,5-6,8-14H2. The first-order valence-electron chi connectivity index (χ1n) is 8.39. The normalized spacial score (nSPS) is 24.0. The average molecular weight is 289 g/mol. The highest BCUT2D eigenvalue weighted by Crippen LogP contribution is 2.32. The minimum absolute atomic E-state index is 0.138. The van der Waals surface area contributed by atoms with Gasteiger partial charge in [-0.1, -0.05) is 24.3 Å². The average Bonchev–Trinajstić information content (AvgIpc) is 2.55. The van der Waals surface area contributed by atoms with E-state index in [-0.39, 0.29) is 6.61 Å². The van der Waals surface area contributed by atoms with Gasteiger partial charge in [0.2, 0.25) is 0 Å². The molecular weight excluding hydrogens is 262 g/mol. The molecular formula is C18H27NO2. The maximum absolute atomic E-state index is 8.82. The number of rotatable bonds is 5. The Morgan fingerprint density at radius 2 is 1.95 bits per heavy atom. The molecule has 0 bridgehead atoms. The molecule has 1 aromatic rings. The molecule has 0 amide bonds. The second kappa shape index (κ2) is 7.39. The summed E-state index contributed by atoms with van der Waals surface area (Å²) in [7, 11) is 0. The molecule has 1 aliphatic carbocycles. The van der Waals surface area contributed by atoms with Crippen LogP contribution in [-0.4, -0.2) is 49.0 Å². The van der Waals surface area contributed by atoms with Crippen LogP contribution < -0.4 is 0 Å². The highest BCUT2D eigenvalue weighted by Gasteiger charge is 2.25. The number of aryl methyl sites for hydroxylation is 1. The molecule has 1 saturated heterocycles. The predicted octanol–water partition coefficient (Wildman–Crippen LogP) is 2.58. The number of aliphatic hydroxyl groups is 1. The van der Waals surface area contributed by atoms with Crippen LogP contribution in [0.15, 0.2) is 24.3 Å². The molecule has 1 aromatic carbocycles. The van der Waals surface area contributed by atoms with Gasteiger partial charge in [0.25, 0.3) is 0 Å². The van der Waals surface area contributed by atoms with Gasteiger partial charge in [-0.05, 0) is 49.1 Å². The van der Waals surface area contributed by atoms with Crippen molar-refractivity contribution < 1.29 is 9.84 Å². The van der Waals surface area contributed by atoms with E-state index in [2.05, 4.69) is 29.2 Å². The summed E-state index contributed by atoms with van der Waals surface area (Å²) in [5.41, 5.74) is 3.15. The third-order valence-electron chi connectivity index (χ3n) is 4.95. The van der Waals surface area contributed by atoms with Gasteiger partial charge in [-0.3, -0.25) is 0 Å². The number of piperidine rings is 1. The molecule has 0 aromatic heterocycles. The Balaban J connectivity index is 1.52. The number of fused-ring (bicyclic) bond motifs is 1. The van der Waals surface area contributed by atoms with Crippen LogP contribution in [0.2, 0.25) is 0 Å². The Morgan fingerprint density at radius 3 is 2.76 bits per heavy atom. The summed E-state index contributed by atoms with van der Waals surface area (Å²) in [6, 6.07) is 8.99. The van der Waals surface area contributed by atoms with Crippen LogP contribution in [-0.2, 0) is 11.2 Å². The van der Waals surface area contributed by atoms with E-state index in [1.165, 1.54) is 25.8 Å². The van der Waals surface area contributed by atoms with Crippen molar-refractivity contribution in [2.45, 2.75) is 44.1 Å². The second-order valence-electron chi connectivity index (χ2n) is 6.38. The molecule has 1 N–H and O–H groups in total. The van der Waals surface area contributed by atoms with Gasteiger partial charge in [-0.25, -0.2) is 0 Å². The van der Waals surface area contributed by atoms with E-state index in [1.807, 2.05) is 0 Å². The van der Waals surface area contributed by atoms with Crippen LogP contribution in [0.5, 0.6) is 0 Å². The van der Waals surface area contributed by atoms with E-state index in [9.17, 15) is 0 Å². The van der Waals surface area contributed by atoms with Crippen LogP contribution in [0.25, 0.3) is 0 Å². The van der Waals surface area contributed by atoms with Crippen molar-refractivity contribution in [1.29, 1.82) is 0 Å². The van der Waals surface area contributed by atoms with E-state index in [1.54, 1.807) is 11.1 Å². The van der Waals surface area contributed by atoms with Crippen molar-refractivity contribution in [2.24, 2.45) is 0 Å². The number of hydrogen-bond donors (Lipinski definition) is 1. The first kappa shape index (κ1) is 15.0. The molecule has 0 saturated carbocycles. The third kappa shape index (κ3) is 3.85. The molecule has 116 valence electrons. The van der Waals surface area contributed by atoms with Crippen LogP contribution >= 0.6 is 0 Å². The molecule has 0 spiro atoms. The number of ether oxygens (including phenoxy) is 1. The van der Waals surface area contributed by atoms with E-state index in [0.717, 1.165) is 25.9 Å². The number of hydrogen-bond acceptors (Lipinski definition) is 3. The first-order chi connectivity index (χ1) is 10.4. The van der Waals surface area contributed by atoms with E-state index < -0.39 is 0 Å². The predicted molar refractivity (Wildman–Crippen MR) is 84.6 cm³/mol. The van der Waals surface area contributed by atoms with Crippen molar-refractivity contribution in [3.05, 3.63) is 35.4 Å². The highest BCUT2D eigenvalue weighted by molar-refractivity contribution is 5.32. The summed E-state index contributed by atoms with van der Waals surface area (Å²) in [4.78, 5) is 2.60. The Morgan fingerprint density at radius 1 is 1.14 bits per heavy atom. The number of likely N-dealkylation sites (tertiary alicyclic amines) is 1. The molecule has 3 heteroatoms. The maximum Gasteiger partial charge on any atom is 0.0701 e. The summed E-state index contributed by atoms with van der Waals surface area (Å²) in [5, 5.41) is 8.82. The van der Waals surface area contributed by atoms with Crippen LogP contribution in [0.3, 0.4) is 0 Å². The molecule has 0 radical (unpaired) electrons. The van der Waals surface area contributed by atoms with Crippen LogP contribution in [0, 0.1) is 0 Å². The smallest absolute Gasteiger partial charge is 0.0701 e. The molecule has 1 heterocycles. The minimum Gasteiger partial charge on any atom is -0.394 e. The van der Waals surface area contributed by atoms with E-state index >= 15 is 0 Å². The lowest BCUT2D eigenvalue weighted by Gasteiger charge is -2.36. The molecule has 21 heavy (non-hydrogen) atoms. The number of benzene rings is 1. The van der Waals surface area contributed by atoms with Crippen molar-refractivity contribution >= 4 is 0 Å². The molecule has 1 atom stereocenters. The highest BCUT2D eigenvalue weighted by atomic mass is 16.5. The van der Waals surface area contributed by atoms with Gasteiger partial charge in [0, 0.05) is 19.6 Å². The van der Waals surface area contributed by atoms with Crippen molar-refractivity contribution in [2.75, 3.05) is 32.8 Å². The molecule has 1 fully saturated rings. The Hall–Kier alpha value is -0.900. The van der Waals surface area contributed by atoms with Gasteiger partial charge in [-0.2, -0.15) is 0 Å². The molecule has 1 aliphatic heterocycles. The fourth-order valence-corrected chi connectivity index (χ4v) is 3.83. The Kier molecular flexibility index (Phi) is 5.28. The van der Waals surface area contributed by atoms with Crippen molar-refractivity contribution in [3.63, 3.8) is 0 Å². The van der Waals surface area contributed by atoms with Gasteiger partial charge in [0.1, 0.15) is 0 Å². The van der Waals surface area contributed by atoms with Gasteiger partial charge >= 0.3 is 0 Å². The SMILES string of the molecule is OCCOC1CCN(CC2CCCc3ccccc32)CC1. The zero-order valence-corrected chi connectivity index (χ0v) is 12.8. The zero-order valence-electron chi connectivity index (χ0n) is 12.8. The molecule has 2 aliphatic rings. The number of nitrogens with zero attached hydrogens (tertiary/aromatic N) is 1. The largest absolute Gasteiger partial charge is 0.394 e. The maximum atomic E-state index is 8.82. The molecule has 1 unspecified atom stereocenters. The van der Waals surface area contributed by atoms with Gasteiger partial charge in [-0.15, -0.1) is 0 Å². The van der Waals surface area contributed by atoms with Crippen LogP contribution in [0.1, 0.15) is 42.7 Å². The summed E-state index contributed by atoms with van der Waals surface area (Å²) < 4.78 is 5.65. The topological polar surface area (TPSA) is 32.7 Å². The third-order valence-corrected chi connectivity index (χ3v) is 4.95. The lowest BCUT2D eigenvalue weighted by molar-refractivity contribution is -0.00877. The van der Waals surface area contributed by atoms with Gasteiger partial charge in [0.05, 0.1) is 19.3 Å². The van der Waals surface area contributed by atoms with E-state index in [4.69, 9.17) is 9.84 Å². The molecule has 3 nitrogen and oxygen atoms in total. The minimum atomic E-state index is 0.138. The summed E-state index contributed by atoms with van der Waals surface area (Å²) in [6.07, 6.45) is 6.48. The van der Waals surface area contributed by atoms with Crippen molar-refractivity contribution in [1.82, 2.24) is 4.90 Å². The Labute approximate surface area is 127 Å². The Bertz CT molecular complexity index is 441. The first-order valence-corrected chi connectivity index (χ1v) is 8.39. The summed E-state index contributed by atoms with van der Waals surface area (Å²) in [5.74, 6) is 0.713. The summed E-state index contributed by atoms with van der Waals surface area (Å²) >= 11 is 0.